The van der Waals surface area contributed by atoms with E-state index in [0.717, 1.165) is 6.07 Å². The van der Waals surface area contributed by atoms with Gasteiger partial charge in [-0.1, -0.05) is 28.9 Å². The third-order valence-corrected chi connectivity index (χ3v) is 2.07. The molecule has 0 saturated heterocycles. The second-order valence-corrected chi connectivity index (χ2v) is 3.64. The number of alkyl halides is 3. The lowest BCUT2D eigenvalue weighted by Crippen LogP contribution is -2.08. The van der Waals surface area contributed by atoms with Crippen LogP contribution in [-0.2, 0) is 6.18 Å². The van der Waals surface area contributed by atoms with Crippen LogP contribution in [0.2, 0.25) is 5.15 Å². The van der Waals surface area contributed by atoms with Crippen molar-refractivity contribution < 1.29 is 13.2 Å². The average molecular weight is 277 g/mol. The van der Waals surface area contributed by atoms with Crippen molar-refractivity contribution in [3.63, 3.8) is 0 Å². The molecule has 1 aromatic heterocycles. The van der Waals surface area contributed by atoms with Crippen LogP contribution in [0.25, 0.3) is 16.5 Å². The first-order valence-corrected chi connectivity index (χ1v) is 5.23. The Kier molecular flexibility index (Phi) is 5.00. The maximum absolute atomic E-state index is 12.4. The van der Waals surface area contributed by atoms with Crippen LogP contribution in [0.3, 0.4) is 0 Å². The Morgan fingerprint density at radius 1 is 1.44 bits per heavy atom. The van der Waals surface area contributed by atoms with Gasteiger partial charge in [-0.15, -0.1) is 0 Å². The predicted octanol–water partition coefficient (Wildman–Crippen LogP) is 4.47. The molecule has 8 heteroatoms. The van der Waals surface area contributed by atoms with Crippen LogP contribution in [0.15, 0.2) is 23.3 Å². The molecule has 18 heavy (non-hydrogen) atoms. The van der Waals surface area contributed by atoms with Crippen molar-refractivity contribution in [2.45, 2.75) is 12.6 Å². The summed E-state index contributed by atoms with van der Waals surface area (Å²) in [5, 5.41) is 3.07. The summed E-state index contributed by atoms with van der Waals surface area (Å²) in [6.07, 6.45) is -1.03. The van der Waals surface area contributed by atoms with E-state index in [2.05, 4.69) is 15.0 Å². The molecule has 96 valence electrons. The number of halogens is 4. The minimum absolute atomic E-state index is 0.223. The molecule has 0 bridgehead atoms. The Morgan fingerprint density at radius 3 is 2.78 bits per heavy atom. The molecule has 0 N–H and O–H groups in total. The van der Waals surface area contributed by atoms with Crippen molar-refractivity contribution >= 4 is 17.7 Å². The van der Waals surface area contributed by atoms with E-state index in [1.165, 1.54) is 12.1 Å². The zero-order valence-electron chi connectivity index (χ0n) is 9.02. The molecule has 1 aromatic rings. The van der Waals surface area contributed by atoms with Crippen LogP contribution in [0.1, 0.15) is 17.7 Å². The standard InChI is InChI=1S/C10H8ClF3N4/c11-9-6-7(3-1-2-4-16-18-15)5-8(17-9)10(12,13)14/h1,3,5-6H,2,4H2. The molecule has 1 rings (SSSR count). The quantitative estimate of drug-likeness (QED) is 0.263. The zero-order chi connectivity index (χ0) is 13.6. The van der Waals surface area contributed by atoms with Crippen LogP contribution in [0.5, 0.6) is 0 Å². The van der Waals surface area contributed by atoms with Crippen LogP contribution in [0, 0.1) is 0 Å². The maximum atomic E-state index is 12.4. The lowest BCUT2D eigenvalue weighted by molar-refractivity contribution is -0.141. The number of pyridine rings is 1. The fourth-order valence-electron chi connectivity index (χ4n) is 1.15. The van der Waals surface area contributed by atoms with E-state index in [0.29, 0.717) is 12.0 Å². The van der Waals surface area contributed by atoms with E-state index < -0.39 is 11.9 Å². The van der Waals surface area contributed by atoms with E-state index in [4.69, 9.17) is 17.1 Å². The number of hydrogen-bond donors (Lipinski definition) is 0. The normalized spacial score (nSPS) is 11.6. The van der Waals surface area contributed by atoms with Gasteiger partial charge in [-0.2, -0.15) is 13.2 Å². The molecule has 0 atom stereocenters. The van der Waals surface area contributed by atoms with Gasteiger partial charge in [-0.3, -0.25) is 0 Å². The first-order valence-electron chi connectivity index (χ1n) is 4.85. The van der Waals surface area contributed by atoms with E-state index in [1.807, 2.05) is 0 Å². The molecule has 0 aliphatic rings. The van der Waals surface area contributed by atoms with Crippen LogP contribution in [-0.4, -0.2) is 11.5 Å². The molecule has 0 radical (unpaired) electrons. The highest BCUT2D eigenvalue weighted by atomic mass is 35.5. The summed E-state index contributed by atoms with van der Waals surface area (Å²) in [4.78, 5) is 5.75. The monoisotopic (exact) mass is 276 g/mol. The SMILES string of the molecule is [N-]=[N+]=NCCC=Cc1cc(Cl)nc(C(F)(F)F)c1. The molecule has 0 aromatic carbocycles. The smallest absolute Gasteiger partial charge is 0.232 e. The fraction of sp³-hybridized carbons (Fsp3) is 0.300. The highest BCUT2D eigenvalue weighted by Gasteiger charge is 2.32. The van der Waals surface area contributed by atoms with Gasteiger partial charge in [0.2, 0.25) is 0 Å². The van der Waals surface area contributed by atoms with Gasteiger partial charge < -0.3 is 0 Å². The van der Waals surface area contributed by atoms with Gasteiger partial charge in [0.1, 0.15) is 10.8 Å². The molecule has 0 amide bonds. The van der Waals surface area contributed by atoms with Crippen molar-refractivity contribution in [1.82, 2.24) is 4.98 Å². The minimum atomic E-state index is -4.53. The molecule has 0 spiro atoms. The molecular formula is C10H8ClF3N4. The fourth-order valence-corrected chi connectivity index (χ4v) is 1.37. The Hall–Kier alpha value is -1.72. The van der Waals surface area contributed by atoms with Gasteiger partial charge in [-0.05, 0) is 29.6 Å². The number of nitrogens with zero attached hydrogens (tertiary/aromatic N) is 4. The largest absolute Gasteiger partial charge is 0.433 e. The average Bonchev–Trinajstić information content (AvgIpc) is 2.27. The molecule has 4 nitrogen and oxygen atoms in total. The van der Waals surface area contributed by atoms with Gasteiger partial charge in [0.25, 0.3) is 0 Å². The first kappa shape index (κ1) is 14.3. The zero-order valence-corrected chi connectivity index (χ0v) is 9.78. The second kappa shape index (κ2) is 6.28. The Labute approximate surface area is 106 Å². The molecule has 1 heterocycles. The Morgan fingerprint density at radius 2 is 2.17 bits per heavy atom. The number of hydrogen-bond acceptors (Lipinski definition) is 2. The van der Waals surface area contributed by atoms with E-state index in [9.17, 15) is 13.2 Å². The summed E-state index contributed by atoms with van der Waals surface area (Å²) in [7, 11) is 0. The third-order valence-electron chi connectivity index (χ3n) is 1.88. The summed E-state index contributed by atoms with van der Waals surface area (Å²) in [5.74, 6) is 0. The van der Waals surface area contributed by atoms with Gasteiger partial charge in [0, 0.05) is 11.5 Å². The molecule has 0 unspecified atom stereocenters. The van der Waals surface area contributed by atoms with E-state index >= 15 is 0 Å². The lowest BCUT2D eigenvalue weighted by atomic mass is 10.2. The minimum Gasteiger partial charge on any atom is -0.232 e. The van der Waals surface area contributed by atoms with Gasteiger partial charge in [0.05, 0.1) is 0 Å². The van der Waals surface area contributed by atoms with Crippen molar-refractivity contribution in [3.05, 3.63) is 45.1 Å². The van der Waals surface area contributed by atoms with Crippen LogP contribution < -0.4 is 0 Å². The van der Waals surface area contributed by atoms with Crippen molar-refractivity contribution in [3.8, 4) is 0 Å². The summed E-state index contributed by atoms with van der Waals surface area (Å²) < 4.78 is 37.3. The number of aromatic nitrogens is 1. The lowest BCUT2D eigenvalue weighted by Gasteiger charge is -2.06. The molecule has 0 fully saturated rings. The molecular weight excluding hydrogens is 269 g/mol. The Bertz CT molecular complexity index is 492. The number of azide groups is 1. The van der Waals surface area contributed by atoms with Gasteiger partial charge in [0.15, 0.2) is 0 Å². The van der Waals surface area contributed by atoms with Gasteiger partial charge in [-0.25, -0.2) is 4.98 Å². The molecule has 0 aliphatic carbocycles. The van der Waals surface area contributed by atoms with Crippen molar-refractivity contribution in [2.24, 2.45) is 5.11 Å². The third kappa shape index (κ3) is 4.65. The van der Waals surface area contributed by atoms with Crippen molar-refractivity contribution in [2.75, 3.05) is 6.54 Å². The second-order valence-electron chi connectivity index (χ2n) is 3.25. The summed E-state index contributed by atoms with van der Waals surface area (Å²) in [5.41, 5.74) is 7.29. The Balaban J connectivity index is 2.83. The molecule has 0 saturated carbocycles. The van der Waals surface area contributed by atoms with Crippen LogP contribution >= 0.6 is 11.6 Å². The van der Waals surface area contributed by atoms with E-state index in [-0.39, 0.29) is 11.7 Å². The maximum Gasteiger partial charge on any atom is 0.433 e. The topological polar surface area (TPSA) is 61.7 Å². The summed E-state index contributed by atoms with van der Waals surface area (Å²) >= 11 is 5.51. The highest BCUT2D eigenvalue weighted by molar-refractivity contribution is 6.29. The summed E-state index contributed by atoms with van der Waals surface area (Å²) in [6, 6.07) is 2.22. The summed E-state index contributed by atoms with van der Waals surface area (Å²) in [6.45, 7) is 0.248. The van der Waals surface area contributed by atoms with Crippen molar-refractivity contribution in [1.29, 1.82) is 0 Å². The van der Waals surface area contributed by atoms with Gasteiger partial charge >= 0.3 is 6.18 Å². The van der Waals surface area contributed by atoms with Crippen LogP contribution in [0.4, 0.5) is 13.2 Å². The highest BCUT2D eigenvalue weighted by Crippen LogP contribution is 2.29. The predicted molar refractivity (Wildman–Crippen MR) is 61.9 cm³/mol. The number of rotatable bonds is 4. The first-order chi connectivity index (χ1) is 8.43. The van der Waals surface area contributed by atoms with E-state index in [1.54, 1.807) is 6.08 Å². The molecule has 0 aliphatic heterocycles.